The summed E-state index contributed by atoms with van der Waals surface area (Å²) in [6.45, 7) is 0. The predicted octanol–water partition coefficient (Wildman–Crippen LogP) is 5.07. The van der Waals surface area contributed by atoms with Crippen molar-refractivity contribution in [2.75, 3.05) is 19.1 Å². The normalized spacial score (nSPS) is 11.6. The Morgan fingerprint density at radius 2 is 1.91 bits per heavy atom. The van der Waals surface area contributed by atoms with E-state index < -0.39 is 12.0 Å². The van der Waals surface area contributed by atoms with E-state index in [4.69, 9.17) is 4.74 Å². The highest BCUT2D eigenvalue weighted by atomic mass is 32.2. The van der Waals surface area contributed by atoms with Gasteiger partial charge in [-0.3, -0.25) is 9.78 Å². The van der Waals surface area contributed by atoms with E-state index in [1.54, 1.807) is 29.7 Å². The molecule has 3 aromatic rings. The molecule has 0 radical (unpaired) electrons. The Bertz CT molecular complexity index is 1030. The van der Waals surface area contributed by atoms with Crippen LogP contribution in [0.3, 0.4) is 0 Å². The minimum Gasteiger partial charge on any atom is -0.467 e. The Labute approximate surface area is 197 Å². The third-order valence-corrected chi connectivity index (χ3v) is 6.55. The van der Waals surface area contributed by atoms with Crippen molar-refractivity contribution in [2.45, 2.75) is 23.1 Å². The average molecular weight is 467 g/mol. The quantitative estimate of drug-likeness (QED) is 0.333. The summed E-state index contributed by atoms with van der Waals surface area (Å²) in [5.41, 5.74) is 3.41. The monoisotopic (exact) mass is 466 g/mol. The van der Waals surface area contributed by atoms with Crippen LogP contribution in [-0.2, 0) is 15.3 Å². The Morgan fingerprint density at radius 1 is 1.09 bits per heavy atom. The molecule has 3 rings (SSSR count). The number of ether oxygens (including phenoxy) is 1. The second-order valence-corrected chi connectivity index (χ2v) is 9.09. The summed E-state index contributed by atoms with van der Waals surface area (Å²) >= 11 is 3.31. The summed E-state index contributed by atoms with van der Waals surface area (Å²) in [7, 11) is 1.34. The number of nitrogens with one attached hydrogen (secondary N) is 1. The highest BCUT2D eigenvalue weighted by Gasteiger charge is 2.23. The first-order valence-corrected chi connectivity index (χ1v) is 12.6. The maximum atomic E-state index is 13.2. The molecule has 5 nitrogen and oxygen atoms in total. The number of pyridine rings is 1. The van der Waals surface area contributed by atoms with Crippen molar-refractivity contribution in [1.82, 2.24) is 10.3 Å². The van der Waals surface area contributed by atoms with Crippen molar-refractivity contribution in [3.05, 3.63) is 84.2 Å². The number of nitrogens with zero attached hydrogens (tertiary/aromatic N) is 1. The Morgan fingerprint density at radius 3 is 2.59 bits per heavy atom. The third-order valence-electron chi connectivity index (χ3n) is 4.85. The van der Waals surface area contributed by atoms with Gasteiger partial charge in [-0.25, -0.2) is 4.79 Å². The molecule has 0 unspecified atom stereocenters. The summed E-state index contributed by atoms with van der Waals surface area (Å²) in [4.78, 5) is 30.6. The number of carbonyl (C=O) groups is 2. The number of rotatable bonds is 10. The molecule has 0 bridgehead atoms. The molecule has 2 aromatic carbocycles. The molecule has 0 spiro atoms. The van der Waals surface area contributed by atoms with Crippen molar-refractivity contribution in [3.63, 3.8) is 0 Å². The molecule has 166 valence electrons. The molecule has 1 aromatic heterocycles. The number of carbonyl (C=O) groups excluding carboxylic acids is 2. The number of thioether (sulfide) groups is 2. The highest BCUT2D eigenvalue weighted by molar-refractivity contribution is 7.98. The van der Waals surface area contributed by atoms with Gasteiger partial charge >= 0.3 is 5.97 Å². The van der Waals surface area contributed by atoms with Crippen LogP contribution in [-0.4, -0.2) is 42.0 Å². The molecule has 0 aliphatic carbocycles. The van der Waals surface area contributed by atoms with Gasteiger partial charge in [-0.1, -0.05) is 36.4 Å². The number of hydrogen-bond acceptors (Lipinski definition) is 6. The summed E-state index contributed by atoms with van der Waals surface area (Å²) < 4.78 is 4.88. The predicted molar refractivity (Wildman–Crippen MR) is 132 cm³/mol. The number of aromatic nitrogens is 1. The fourth-order valence-corrected chi connectivity index (χ4v) is 4.49. The molecule has 1 atom stereocenters. The summed E-state index contributed by atoms with van der Waals surface area (Å²) in [6.07, 6.45) is 6.07. The molecule has 7 heteroatoms. The van der Waals surface area contributed by atoms with Crippen molar-refractivity contribution < 1.29 is 14.3 Å². The van der Waals surface area contributed by atoms with Crippen LogP contribution in [0.15, 0.2) is 78.0 Å². The van der Waals surface area contributed by atoms with Crippen molar-refractivity contribution in [3.8, 4) is 11.1 Å². The maximum absolute atomic E-state index is 13.2. The fraction of sp³-hybridized carbons (Fsp3) is 0.240. The largest absolute Gasteiger partial charge is 0.467 e. The van der Waals surface area contributed by atoms with E-state index in [1.807, 2.05) is 73.1 Å². The SMILES string of the molecule is COC(=O)[C@H](CCSC)NC(=O)c1ccc(CSc2cccnc2)cc1-c1ccccc1. The minimum absolute atomic E-state index is 0.285. The van der Waals surface area contributed by atoms with Gasteiger partial charge in [0.05, 0.1) is 7.11 Å². The van der Waals surface area contributed by atoms with E-state index in [1.165, 1.54) is 7.11 Å². The van der Waals surface area contributed by atoms with E-state index in [-0.39, 0.29) is 5.91 Å². The number of hydrogen-bond donors (Lipinski definition) is 1. The third kappa shape index (κ3) is 6.61. The lowest BCUT2D eigenvalue weighted by Crippen LogP contribution is -2.42. The zero-order valence-electron chi connectivity index (χ0n) is 18.1. The molecule has 0 saturated heterocycles. The molecule has 1 amide bonds. The average Bonchev–Trinajstić information content (AvgIpc) is 2.85. The lowest BCUT2D eigenvalue weighted by Gasteiger charge is -2.18. The van der Waals surface area contributed by atoms with E-state index in [9.17, 15) is 9.59 Å². The van der Waals surface area contributed by atoms with Gasteiger partial charge < -0.3 is 10.1 Å². The lowest BCUT2D eigenvalue weighted by atomic mass is 9.97. The zero-order valence-corrected chi connectivity index (χ0v) is 19.7. The lowest BCUT2D eigenvalue weighted by molar-refractivity contribution is -0.142. The first kappa shape index (κ1) is 23.9. The smallest absolute Gasteiger partial charge is 0.328 e. The van der Waals surface area contributed by atoms with Gasteiger partial charge in [0.25, 0.3) is 5.91 Å². The fourth-order valence-electron chi connectivity index (χ4n) is 3.20. The first-order valence-electron chi connectivity index (χ1n) is 10.2. The maximum Gasteiger partial charge on any atom is 0.328 e. The molecular weight excluding hydrogens is 440 g/mol. The molecule has 32 heavy (non-hydrogen) atoms. The van der Waals surface area contributed by atoms with Crippen LogP contribution in [0.25, 0.3) is 11.1 Å². The Kier molecular flexibility index (Phi) is 9.19. The van der Waals surface area contributed by atoms with Gasteiger partial charge in [0, 0.05) is 28.6 Å². The highest BCUT2D eigenvalue weighted by Crippen LogP contribution is 2.29. The molecule has 0 aliphatic heterocycles. The van der Waals surface area contributed by atoms with E-state index in [0.29, 0.717) is 12.0 Å². The Hall–Kier alpha value is -2.77. The summed E-state index contributed by atoms with van der Waals surface area (Å²) in [5.74, 6) is 0.784. The van der Waals surface area contributed by atoms with Crippen molar-refractivity contribution in [2.24, 2.45) is 0 Å². The van der Waals surface area contributed by atoms with Crippen LogP contribution >= 0.6 is 23.5 Å². The van der Waals surface area contributed by atoms with Crippen LogP contribution in [0.1, 0.15) is 22.3 Å². The zero-order chi connectivity index (χ0) is 22.8. The molecule has 1 N–H and O–H groups in total. The molecule has 0 saturated carbocycles. The van der Waals surface area contributed by atoms with Crippen LogP contribution < -0.4 is 5.32 Å². The first-order chi connectivity index (χ1) is 15.6. The van der Waals surface area contributed by atoms with Crippen molar-refractivity contribution in [1.29, 1.82) is 0 Å². The van der Waals surface area contributed by atoms with Gasteiger partial charge in [-0.15, -0.1) is 11.8 Å². The van der Waals surface area contributed by atoms with Crippen LogP contribution in [0.5, 0.6) is 0 Å². The van der Waals surface area contributed by atoms with E-state index in [0.717, 1.165) is 33.1 Å². The minimum atomic E-state index is -0.676. The second-order valence-electron chi connectivity index (χ2n) is 7.05. The summed E-state index contributed by atoms with van der Waals surface area (Å²) in [6, 6.07) is 18.9. The molecular formula is C25H26N2O3S2. The molecule has 1 heterocycles. The number of esters is 1. The number of benzene rings is 2. The Balaban J connectivity index is 1.86. The molecule has 0 fully saturated rings. The second kappa shape index (κ2) is 12.3. The van der Waals surface area contributed by atoms with Gasteiger partial charge in [0.1, 0.15) is 6.04 Å². The van der Waals surface area contributed by atoms with Crippen LogP contribution in [0.2, 0.25) is 0 Å². The number of amides is 1. The van der Waals surface area contributed by atoms with E-state index >= 15 is 0 Å². The summed E-state index contributed by atoms with van der Waals surface area (Å²) in [5, 5.41) is 2.87. The number of methoxy groups -OCH3 is 1. The standard InChI is InChI=1S/C25H26N2O3S2/c1-30-25(29)23(12-14-31-2)27-24(28)21-11-10-18(17-32-20-9-6-13-26-16-20)15-22(21)19-7-4-3-5-8-19/h3-11,13,15-16,23H,12,14,17H2,1-2H3,(H,27,28)/t23-/m0/s1. The van der Waals surface area contributed by atoms with Gasteiger partial charge in [0.15, 0.2) is 0 Å². The van der Waals surface area contributed by atoms with E-state index in [2.05, 4.69) is 10.3 Å². The van der Waals surface area contributed by atoms with Crippen LogP contribution in [0, 0.1) is 0 Å². The molecule has 0 aliphatic rings. The van der Waals surface area contributed by atoms with Crippen molar-refractivity contribution >= 4 is 35.4 Å². The topological polar surface area (TPSA) is 68.3 Å². The van der Waals surface area contributed by atoms with Gasteiger partial charge in [-0.2, -0.15) is 11.8 Å². The van der Waals surface area contributed by atoms with Gasteiger partial charge in [-0.05, 0) is 59.4 Å². The van der Waals surface area contributed by atoms with Gasteiger partial charge in [0.2, 0.25) is 0 Å². The van der Waals surface area contributed by atoms with Crippen LogP contribution in [0.4, 0.5) is 0 Å².